The van der Waals surface area contributed by atoms with Crippen LogP contribution in [0.1, 0.15) is 32.1 Å². The van der Waals surface area contributed by atoms with Gasteiger partial charge in [-0.2, -0.15) is 0 Å². The van der Waals surface area contributed by atoms with Crippen LogP contribution >= 0.6 is 0 Å². The SMILES string of the molecule is O=C(CC1CCCO1)N1CC2CCC(O)C2C1. The predicted octanol–water partition coefficient (Wildman–Crippen LogP) is 0.785. The standard InChI is InChI=1S/C13H21NO3/c15-12-4-3-9-7-14(8-11(9)12)13(16)6-10-2-1-5-17-10/h9-12,15H,1-8H2. The summed E-state index contributed by atoms with van der Waals surface area (Å²) in [5.74, 6) is 1.10. The Labute approximate surface area is 102 Å². The van der Waals surface area contributed by atoms with Crippen LogP contribution in [0.5, 0.6) is 0 Å². The molecule has 17 heavy (non-hydrogen) atoms. The zero-order chi connectivity index (χ0) is 11.8. The Hall–Kier alpha value is -0.610. The second-order valence-corrected chi connectivity index (χ2v) is 5.71. The topological polar surface area (TPSA) is 49.8 Å². The zero-order valence-electron chi connectivity index (χ0n) is 10.2. The fourth-order valence-electron chi connectivity index (χ4n) is 3.57. The number of ether oxygens (including phenoxy) is 1. The summed E-state index contributed by atoms with van der Waals surface area (Å²) in [4.78, 5) is 14.0. The van der Waals surface area contributed by atoms with Crippen molar-refractivity contribution in [1.82, 2.24) is 4.90 Å². The van der Waals surface area contributed by atoms with E-state index in [1.807, 2.05) is 4.90 Å². The summed E-state index contributed by atoms with van der Waals surface area (Å²) in [6, 6.07) is 0. The third kappa shape index (κ3) is 2.20. The summed E-state index contributed by atoms with van der Waals surface area (Å²) in [7, 11) is 0. The minimum Gasteiger partial charge on any atom is -0.393 e. The minimum atomic E-state index is -0.180. The first-order valence-corrected chi connectivity index (χ1v) is 6.81. The van der Waals surface area contributed by atoms with E-state index in [2.05, 4.69) is 0 Å². The van der Waals surface area contributed by atoms with Gasteiger partial charge in [0.2, 0.25) is 5.91 Å². The van der Waals surface area contributed by atoms with E-state index in [1.165, 1.54) is 0 Å². The molecule has 3 aliphatic rings. The lowest BCUT2D eigenvalue weighted by molar-refractivity contribution is -0.132. The molecule has 0 bridgehead atoms. The molecular weight excluding hydrogens is 218 g/mol. The van der Waals surface area contributed by atoms with Crippen LogP contribution in [0, 0.1) is 11.8 Å². The third-order valence-electron chi connectivity index (χ3n) is 4.60. The Morgan fingerprint density at radius 1 is 1.29 bits per heavy atom. The summed E-state index contributed by atoms with van der Waals surface area (Å²) in [5.41, 5.74) is 0. The Kier molecular flexibility index (Phi) is 3.09. The number of hydrogen-bond acceptors (Lipinski definition) is 3. The van der Waals surface area contributed by atoms with Crippen molar-refractivity contribution < 1.29 is 14.6 Å². The number of carbonyl (C=O) groups excluding carboxylic acids is 1. The minimum absolute atomic E-state index is 0.146. The molecule has 0 aromatic rings. The highest BCUT2D eigenvalue weighted by atomic mass is 16.5. The van der Waals surface area contributed by atoms with Gasteiger partial charge in [-0.05, 0) is 31.6 Å². The Balaban J connectivity index is 1.53. The van der Waals surface area contributed by atoms with E-state index < -0.39 is 0 Å². The number of fused-ring (bicyclic) bond motifs is 1. The fourth-order valence-corrected chi connectivity index (χ4v) is 3.57. The van der Waals surface area contributed by atoms with E-state index >= 15 is 0 Å². The van der Waals surface area contributed by atoms with Gasteiger partial charge in [0.05, 0.1) is 18.6 Å². The molecule has 0 radical (unpaired) electrons. The maximum absolute atomic E-state index is 12.1. The highest BCUT2D eigenvalue weighted by molar-refractivity contribution is 5.77. The lowest BCUT2D eigenvalue weighted by Gasteiger charge is -2.20. The average molecular weight is 239 g/mol. The lowest BCUT2D eigenvalue weighted by atomic mass is 10.00. The van der Waals surface area contributed by atoms with Crippen molar-refractivity contribution in [2.45, 2.75) is 44.3 Å². The lowest BCUT2D eigenvalue weighted by Crippen LogP contribution is -2.33. The van der Waals surface area contributed by atoms with Crippen LogP contribution < -0.4 is 0 Å². The Morgan fingerprint density at radius 3 is 2.88 bits per heavy atom. The van der Waals surface area contributed by atoms with E-state index in [0.29, 0.717) is 18.3 Å². The van der Waals surface area contributed by atoms with E-state index in [-0.39, 0.29) is 18.1 Å². The van der Waals surface area contributed by atoms with Gasteiger partial charge in [0.1, 0.15) is 0 Å². The second-order valence-electron chi connectivity index (χ2n) is 5.71. The van der Waals surface area contributed by atoms with Crippen LogP contribution in [0.15, 0.2) is 0 Å². The van der Waals surface area contributed by atoms with Gasteiger partial charge in [-0.25, -0.2) is 0 Å². The highest BCUT2D eigenvalue weighted by Gasteiger charge is 2.43. The Morgan fingerprint density at radius 2 is 2.18 bits per heavy atom. The van der Waals surface area contributed by atoms with Gasteiger partial charge < -0.3 is 14.7 Å². The molecule has 2 saturated heterocycles. The quantitative estimate of drug-likeness (QED) is 0.775. The highest BCUT2D eigenvalue weighted by Crippen LogP contribution is 2.38. The second kappa shape index (κ2) is 4.58. The van der Waals surface area contributed by atoms with Crippen molar-refractivity contribution in [2.75, 3.05) is 19.7 Å². The summed E-state index contributed by atoms with van der Waals surface area (Å²) in [6.45, 7) is 2.42. The van der Waals surface area contributed by atoms with Crippen LogP contribution in [-0.4, -0.2) is 47.8 Å². The molecule has 1 saturated carbocycles. The number of carbonyl (C=O) groups is 1. The number of aliphatic hydroxyl groups is 1. The maximum Gasteiger partial charge on any atom is 0.225 e. The van der Waals surface area contributed by atoms with Gasteiger partial charge in [-0.3, -0.25) is 4.79 Å². The van der Waals surface area contributed by atoms with E-state index in [9.17, 15) is 9.90 Å². The van der Waals surface area contributed by atoms with Crippen molar-refractivity contribution in [3.8, 4) is 0 Å². The average Bonchev–Trinajstić information content (AvgIpc) is 2.97. The first-order valence-electron chi connectivity index (χ1n) is 6.81. The summed E-state index contributed by atoms with van der Waals surface area (Å²) in [5, 5.41) is 9.82. The molecule has 1 amide bonds. The molecule has 1 N–H and O–H groups in total. The molecule has 2 aliphatic heterocycles. The molecule has 4 unspecified atom stereocenters. The van der Waals surface area contributed by atoms with Gasteiger partial charge in [-0.1, -0.05) is 0 Å². The van der Waals surface area contributed by atoms with Crippen molar-refractivity contribution in [1.29, 1.82) is 0 Å². The van der Waals surface area contributed by atoms with Crippen molar-refractivity contribution in [3.05, 3.63) is 0 Å². The van der Waals surface area contributed by atoms with E-state index in [0.717, 1.165) is 45.4 Å². The van der Waals surface area contributed by atoms with Gasteiger partial charge in [0.25, 0.3) is 0 Å². The zero-order valence-corrected chi connectivity index (χ0v) is 10.2. The molecule has 3 rings (SSSR count). The van der Waals surface area contributed by atoms with Crippen LogP contribution in [0.2, 0.25) is 0 Å². The molecule has 0 spiro atoms. The first-order chi connectivity index (χ1) is 8.24. The summed E-state index contributed by atoms with van der Waals surface area (Å²) < 4.78 is 5.50. The normalized spacial score (nSPS) is 40.9. The van der Waals surface area contributed by atoms with Crippen LogP contribution in [0.3, 0.4) is 0 Å². The van der Waals surface area contributed by atoms with Crippen molar-refractivity contribution in [2.24, 2.45) is 11.8 Å². The smallest absolute Gasteiger partial charge is 0.225 e. The maximum atomic E-state index is 12.1. The number of nitrogens with zero attached hydrogens (tertiary/aromatic N) is 1. The number of rotatable bonds is 2. The molecule has 4 heteroatoms. The number of likely N-dealkylation sites (tertiary alicyclic amines) is 1. The monoisotopic (exact) mass is 239 g/mol. The molecule has 3 fully saturated rings. The molecular formula is C13H21NO3. The molecule has 1 aliphatic carbocycles. The summed E-state index contributed by atoms with van der Waals surface area (Å²) in [6.07, 6.45) is 4.61. The van der Waals surface area contributed by atoms with Gasteiger partial charge in [0, 0.05) is 25.6 Å². The van der Waals surface area contributed by atoms with Gasteiger partial charge in [0.15, 0.2) is 0 Å². The first kappa shape index (κ1) is 11.5. The molecule has 0 aromatic heterocycles. The number of amides is 1. The summed E-state index contributed by atoms with van der Waals surface area (Å²) >= 11 is 0. The van der Waals surface area contributed by atoms with Crippen molar-refractivity contribution >= 4 is 5.91 Å². The van der Waals surface area contributed by atoms with Crippen molar-refractivity contribution in [3.63, 3.8) is 0 Å². The third-order valence-corrected chi connectivity index (χ3v) is 4.60. The van der Waals surface area contributed by atoms with E-state index in [1.54, 1.807) is 0 Å². The Bertz CT molecular complexity index is 301. The predicted molar refractivity (Wildman–Crippen MR) is 62.4 cm³/mol. The molecule has 4 nitrogen and oxygen atoms in total. The molecule has 4 atom stereocenters. The largest absolute Gasteiger partial charge is 0.393 e. The molecule has 96 valence electrons. The van der Waals surface area contributed by atoms with E-state index in [4.69, 9.17) is 4.74 Å². The van der Waals surface area contributed by atoms with Gasteiger partial charge in [-0.15, -0.1) is 0 Å². The molecule has 2 heterocycles. The number of hydrogen-bond donors (Lipinski definition) is 1. The fraction of sp³-hybridized carbons (Fsp3) is 0.923. The van der Waals surface area contributed by atoms with Gasteiger partial charge >= 0.3 is 0 Å². The number of aliphatic hydroxyl groups excluding tert-OH is 1. The molecule has 0 aromatic carbocycles. The van der Waals surface area contributed by atoms with Crippen LogP contribution in [0.25, 0.3) is 0 Å². The van der Waals surface area contributed by atoms with Crippen LogP contribution in [-0.2, 0) is 9.53 Å². The van der Waals surface area contributed by atoms with Crippen LogP contribution in [0.4, 0.5) is 0 Å².